The molecule has 16 heavy (non-hydrogen) atoms. The molecule has 1 aliphatic rings. The zero-order valence-corrected chi connectivity index (χ0v) is 11.3. The maximum absolute atomic E-state index is 10.2. The number of aliphatic hydroxyl groups is 1. The van der Waals surface area contributed by atoms with Crippen LogP contribution in [0.2, 0.25) is 0 Å². The van der Waals surface area contributed by atoms with Crippen LogP contribution in [0, 0.1) is 0 Å². The molecule has 1 N–H and O–H groups in total. The van der Waals surface area contributed by atoms with Crippen LogP contribution in [-0.2, 0) is 0 Å². The average Bonchev–Trinajstić information content (AvgIpc) is 2.55. The zero-order valence-electron chi connectivity index (χ0n) is 9.64. The smallest absolute Gasteiger partial charge is 0.118 e. The molecule has 0 bridgehead atoms. The molecule has 2 rings (SSSR count). The predicted molar refractivity (Wildman–Crippen MR) is 71.0 cm³/mol. The van der Waals surface area contributed by atoms with Crippen LogP contribution in [-0.4, -0.2) is 23.1 Å². The molecule has 0 amide bonds. The van der Waals surface area contributed by atoms with E-state index in [1.54, 1.807) is 28.7 Å². The number of hydrogen-bond donors (Lipinski definition) is 1. The van der Waals surface area contributed by atoms with Crippen molar-refractivity contribution in [1.29, 1.82) is 0 Å². The predicted octanol–water partition coefficient (Wildman–Crippen LogP) is 3.27. The highest BCUT2D eigenvalue weighted by Gasteiger charge is 2.43. The summed E-state index contributed by atoms with van der Waals surface area (Å²) in [5.74, 6) is 0.855. The highest BCUT2D eigenvalue weighted by Crippen LogP contribution is 2.57. The lowest BCUT2D eigenvalue weighted by Gasteiger charge is -2.23. The molecular weight excluding hydrogens is 240 g/mol. The lowest BCUT2D eigenvalue weighted by molar-refractivity contribution is 0.143. The number of rotatable bonds is 2. The van der Waals surface area contributed by atoms with Gasteiger partial charge < -0.3 is 9.84 Å². The van der Waals surface area contributed by atoms with Gasteiger partial charge in [0.2, 0.25) is 0 Å². The summed E-state index contributed by atoms with van der Waals surface area (Å²) in [4.78, 5) is 0. The van der Waals surface area contributed by atoms with Gasteiger partial charge in [0.25, 0.3) is 0 Å². The third kappa shape index (κ3) is 2.19. The highest BCUT2D eigenvalue weighted by molar-refractivity contribution is 8.77. The first-order valence-corrected chi connectivity index (χ1v) is 7.42. The molecule has 0 aromatic heterocycles. The Morgan fingerprint density at radius 2 is 1.88 bits per heavy atom. The van der Waals surface area contributed by atoms with E-state index in [4.69, 9.17) is 4.74 Å². The van der Waals surface area contributed by atoms with Gasteiger partial charge in [0.15, 0.2) is 0 Å². The van der Waals surface area contributed by atoms with Crippen molar-refractivity contribution in [2.24, 2.45) is 0 Å². The molecule has 1 saturated heterocycles. The van der Waals surface area contributed by atoms with Gasteiger partial charge >= 0.3 is 0 Å². The Morgan fingerprint density at radius 3 is 2.31 bits per heavy atom. The van der Waals surface area contributed by atoms with E-state index in [-0.39, 0.29) is 16.1 Å². The molecule has 0 spiro atoms. The number of benzene rings is 1. The van der Waals surface area contributed by atoms with Crippen LogP contribution < -0.4 is 4.74 Å². The Hall–Kier alpha value is -0.320. The molecule has 4 heteroatoms. The molecule has 2 atom stereocenters. The summed E-state index contributed by atoms with van der Waals surface area (Å²) in [5.41, 5.74) is 1.16. The van der Waals surface area contributed by atoms with Crippen LogP contribution in [0.25, 0.3) is 0 Å². The second-order valence-electron chi connectivity index (χ2n) is 4.42. The SMILES string of the molecule is COc1ccc(C2SSC(C)(C)[C@H]2O)cc1. The van der Waals surface area contributed by atoms with Crippen molar-refractivity contribution < 1.29 is 9.84 Å². The summed E-state index contributed by atoms with van der Waals surface area (Å²) in [6, 6.07) is 7.94. The number of hydrogen-bond acceptors (Lipinski definition) is 4. The molecule has 1 fully saturated rings. The molecule has 0 aliphatic carbocycles. The molecule has 88 valence electrons. The standard InChI is InChI=1S/C12H16O2S2/c1-12(2)11(13)10(15-16-12)8-4-6-9(14-3)7-5-8/h4-7,10-11,13H,1-3H3/t10?,11-/m0/s1. The molecule has 1 aliphatic heterocycles. The lowest BCUT2D eigenvalue weighted by atomic mass is 9.98. The molecule has 1 unspecified atom stereocenters. The van der Waals surface area contributed by atoms with E-state index in [0.717, 1.165) is 11.3 Å². The quantitative estimate of drug-likeness (QED) is 0.822. The zero-order chi connectivity index (χ0) is 11.8. The van der Waals surface area contributed by atoms with Gasteiger partial charge in [-0.2, -0.15) is 0 Å². The minimum absolute atomic E-state index is 0.0741. The molecule has 0 saturated carbocycles. The fourth-order valence-electron chi connectivity index (χ4n) is 1.67. The van der Waals surface area contributed by atoms with Gasteiger partial charge in [0.1, 0.15) is 5.75 Å². The van der Waals surface area contributed by atoms with Crippen LogP contribution in [0.1, 0.15) is 24.7 Å². The van der Waals surface area contributed by atoms with Crippen molar-refractivity contribution in [3.8, 4) is 5.75 Å². The highest BCUT2D eigenvalue weighted by atomic mass is 33.1. The lowest BCUT2D eigenvalue weighted by Crippen LogP contribution is -2.31. The molecular formula is C12H16O2S2. The van der Waals surface area contributed by atoms with Gasteiger partial charge in [-0.1, -0.05) is 33.7 Å². The van der Waals surface area contributed by atoms with Crippen LogP contribution in [0.5, 0.6) is 5.75 Å². The van der Waals surface area contributed by atoms with E-state index in [0.29, 0.717) is 0 Å². The second kappa shape index (κ2) is 4.51. The van der Waals surface area contributed by atoms with Crippen LogP contribution in [0.3, 0.4) is 0 Å². The Labute approximate surface area is 104 Å². The maximum atomic E-state index is 10.2. The van der Waals surface area contributed by atoms with Crippen LogP contribution in [0.15, 0.2) is 24.3 Å². The van der Waals surface area contributed by atoms with Crippen molar-refractivity contribution in [2.75, 3.05) is 7.11 Å². The normalized spacial score (nSPS) is 28.0. The van der Waals surface area contributed by atoms with E-state index in [9.17, 15) is 5.11 Å². The maximum Gasteiger partial charge on any atom is 0.118 e. The van der Waals surface area contributed by atoms with Crippen molar-refractivity contribution in [1.82, 2.24) is 0 Å². The summed E-state index contributed by atoms with van der Waals surface area (Å²) < 4.78 is 5.05. The van der Waals surface area contributed by atoms with E-state index >= 15 is 0 Å². The van der Waals surface area contributed by atoms with E-state index < -0.39 is 0 Å². The third-order valence-electron chi connectivity index (χ3n) is 2.81. The van der Waals surface area contributed by atoms with Gasteiger partial charge in [-0.15, -0.1) is 0 Å². The van der Waals surface area contributed by atoms with E-state index in [1.807, 2.05) is 24.3 Å². The summed E-state index contributed by atoms with van der Waals surface area (Å²) in [5, 5.41) is 10.4. The third-order valence-corrected chi connectivity index (χ3v) is 6.51. The topological polar surface area (TPSA) is 29.5 Å². The molecule has 2 nitrogen and oxygen atoms in total. The monoisotopic (exact) mass is 256 g/mol. The first-order valence-electron chi connectivity index (χ1n) is 5.21. The fourth-order valence-corrected chi connectivity index (χ4v) is 5.06. The van der Waals surface area contributed by atoms with Gasteiger partial charge in [-0.05, 0) is 31.5 Å². The van der Waals surface area contributed by atoms with Gasteiger partial charge in [0, 0.05) is 4.75 Å². The van der Waals surface area contributed by atoms with Gasteiger partial charge in [-0.3, -0.25) is 0 Å². The minimum atomic E-state index is -0.309. The van der Waals surface area contributed by atoms with Crippen LogP contribution >= 0.6 is 21.6 Å². The summed E-state index contributed by atoms with van der Waals surface area (Å²) in [6.07, 6.45) is -0.309. The summed E-state index contributed by atoms with van der Waals surface area (Å²) in [7, 11) is 5.17. The number of aliphatic hydroxyl groups excluding tert-OH is 1. The van der Waals surface area contributed by atoms with E-state index in [1.165, 1.54) is 0 Å². The molecule has 1 aromatic carbocycles. The Balaban J connectivity index is 2.19. The average molecular weight is 256 g/mol. The summed E-state index contributed by atoms with van der Waals surface area (Å²) in [6.45, 7) is 4.16. The summed E-state index contributed by atoms with van der Waals surface area (Å²) >= 11 is 0. The van der Waals surface area contributed by atoms with Crippen molar-refractivity contribution in [2.45, 2.75) is 29.9 Å². The van der Waals surface area contributed by atoms with Gasteiger partial charge in [-0.25, -0.2) is 0 Å². The second-order valence-corrected chi connectivity index (χ2v) is 7.42. The van der Waals surface area contributed by atoms with Crippen molar-refractivity contribution >= 4 is 21.6 Å². The Bertz CT molecular complexity index is 362. The molecule has 0 radical (unpaired) electrons. The molecule has 1 heterocycles. The van der Waals surface area contributed by atoms with Crippen LogP contribution in [0.4, 0.5) is 0 Å². The Morgan fingerprint density at radius 1 is 1.25 bits per heavy atom. The van der Waals surface area contributed by atoms with Crippen molar-refractivity contribution in [3.05, 3.63) is 29.8 Å². The van der Waals surface area contributed by atoms with Gasteiger partial charge in [0.05, 0.1) is 18.5 Å². The first-order chi connectivity index (χ1) is 7.54. The Kier molecular flexibility index (Phi) is 3.42. The largest absolute Gasteiger partial charge is 0.497 e. The fraction of sp³-hybridized carbons (Fsp3) is 0.500. The number of methoxy groups -OCH3 is 1. The minimum Gasteiger partial charge on any atom is -0.497 e. The van der Waals surface area contributed by atoms with E-state index in [2.05, 4.69) is 13.8 Å². The number of ether oxygens (including phenoxy) is 1. The molecule has 1 aromatic rings. The first kappa shape index (κ1) is 12.1. The van der Waals surface area contributed by atoms with Crippen molar-refractivity contribution in [3.63, 3.8) is 0 Å².